The lowest BCUT2D eigenvalue weighted by atomic mass is 10.0. The highest BCUT2D eigenvalue weighted by Gasteiger charge is 2.10. The third-order valence-corrected chi connectivity index (χ3v) is 3.83. The number of halogens is 1. The highest BCUT2D eigenvalue weighted by atomic mass is 79.9. The second-order valence-corrected chi connectivity index (χ2v) is 5.68. The molecule has 20 heavy (non-hydrogen) atoms. The first-order valence-electron chi connectivity index (χ1n) is 6.55. The maximum Gasteiger partial charge on any atom is 0.239 e. The highest BCUT2D eigenvalue weighted by Crippen LogP contribution is 2.23. The third kappa shape index (κ3) is 3.28. The fraction of sp³-hybridized carbons (Fsp3) is 0.333. The zero-order chi connectivity index (χ0) is 14.7. The maximum absolute atomic E-state index is 11.4. The van der Waals surface area contributed by atoms with Crippen LogP contribution >= 0.6 is 15.9 Å². The van der Waals surface area contributed by atoms with Gasteiger partial charge in [0.1, 0.15) is 6.54 Å². The number of nitrogens with one attached hydrogen (secondary N) is 1. The standard InChI is InChI=1S/C15H18BrN3O/c1-10(2)11-4-6-12(7-5-11)13-8-19(15(16)18-13)9-14(20)17-3/h4-8,10H,9H2,1-3H3,(H,17,20). The lowest BCUT2D eigenvalue weighted by Gasteiger charge is -2.05. The molecule has 1 amide bonds. The van der Waals surface area contributed by atoms with E-state index >= 15 is 0 Å². The summed E-state index contributed by atoms with van der Waals surface area (Å²) in [5.41, 5.74) is 3.21. The van der Waals surface area contributed by atoms with Gasteiger partial charge >= 0.3 is 0 Å². The van der Waals surface area contributed by atoms with Crippen LogP contribution in [0.2, 0.25) is 0 Å². The first-order valence-corrected chi connectivity index (χ1v) is 7.34. The Bertz CT molecular complexity index is 602. The van der Waals surface area contributed by atoms with Gasteiger partial charge in [-0.15, -0.1) is 0 Å². The van der Waals surface area contributed by atoms with E-state index in [1.807, 2.05) is 6.20 Å². The van der Waals surface area contributed by atoms with E-state index in [1.54, 1.807) is 11.6 Å². The number of benzene rings is 1. The quantitative estimate of drug-likeness (QED) is 0.932. The number of carbonyl (C=O) groups excluding carboxylic acids is 1. The van der Waals surface area contributed by atoms with Crippen LogP contribution in [0.3, 0.4) is 0 Å². The molecule has 2 rings (SSSR count). The number of imidazole rings is 1. The average Bonchev–Trinajstić information content (AvgIpc) is 2.80. The molecule has 2 aromatic rings. The largest absolute Gasteiger partial charge is 0.358 e. The van der Waals surface area contributed by atoms with Crippen LogP contribution in [-0.4, -0.2) is 22.5 Å². The first kappa shape index (κ1) is 14.8. The number of rotatable bonds is 4. The molecule has 0 bridgehead atoms. The zero-order valence-corrected chi connectivity index (χ0v) is 13.4. The normalized spacial score (nSPS) is 10.8. The van der Waals surface area contributed by atoms with Crippen LogP contribution < -0.4 is 5.32 Å². The molecule has 106 valence electrons. The van der Waals surface area contributed by atoms with E-state index in [4.69, 9.17) is 0 Å². The van der Waals surface area contributed by atoms with E-state index in [0.29, 0.717) is 10.7 Å². The number of amides is 1. The van der Waals surface area contributed by atoms with Crippen molar-refractivity contribution in [3.05, 3.63) is 40.8 Å². The maximum atomic E-state index is 11.4. The molecule has 1 aromatic carbocycles. The van der Waals surface area contributed by atoms with Crippen LogP contribution in [0, 0.1) is 0 Å². The topological polar surface area (TPSA) is 46.9 Å². The van der Waals surface area contributed by atoms with Crippen molar-refractivity contribution in [1.82, 2.24) is 14.9 Å². The monoisotopic (exact) mass is 335 g/mol. The molecule has 0 fully saturated rings. The summed E-state index contributed by atoms with van der Waals surface area (Å²) >= 11 is 3.38. The Labute approximate surface area is 127 Å². The molecular weight excluding hydrogens is 318 g/mol. The molecule has 0 atom stereocenters. The second-order valence-electron chi connectivity index (χ2n) is 4.97. The van der Waals surface area contributed by atoms with Crippen molar-refractivity contribution in [3.63, 3.8) is 0 Å². The van der Waals surface area contributed by atoms with Crippen molar-refractivity contribution in [1.29, 1.82) is 0 Å². The summed E-state index contributed by atoms with van der Waals surface area (Å²) < 4.78 is 2.44. The van der Waals surface area contributed by atoms with Crippen LogP contribution in [0.1, 0.15) is 25.3 Å². The summed E-state index contributed by atoms with van der Waals surface area (Å²) in [4.78, 5) is 15.9. The molecule has 0 spiro atoms. The Balaban J connectivity index is 2.25. The fourth-order valence-electron chi connectivity index (χ4n) is 1.92. The van der Waals surface area contributed by atoms with Gasteiger partial charge < -0.3 is 9.88 Å². The van der Waals surface area contributed by atoms with Crippen molar-refractivity contribution < 1.29 is 4.79 Å². The van der Waals surface area contributed by atoms with Crippen LogP contribution in [0.25, 0.3) is 11.3 Å². The van der Waals surface area contributed by atoms with Gasteiger partial charge in [-0.3, -0.25) is 4.79 Å². The van der Waals surface area contributed by atoms with Crippen LogP contribution in [-0.2, 0) is 11.3 Å². The molecule has 0 unspecified atom stereocenters. The minimum absolute atomic E-state index is 0.0511. The molecule has 0 aliphatic rings. The predicted molar refractivity (Wildman–Crippen MR) is 83.5 cm³/mol. The highest BCUT2D eigenvalue weighted by molar-refractivity contribution is 9.10. The SMILES string of the molecule is CNC(=O)Cn1cc(-c2ccc(C(C)C)cc2)nc1Br. The smallest absolute Gasteiger partial charge is 0.239 e. The molecule has 0 saturated heterocycles. The van der Waals surface area contributed by atoms with Gasteiger partial charge in [-0.25, -0.2) is 4.98 Å². The van der Waals surface area contributed by atoms with Crippen molar-refractivity contribution in [2.45, 2.75) is 26.3 Å². The molecule has 0 aliphatic heterocycles. The molecule has 1 aromatic heterocycles. The van der Waals surface area contributed by atoms with Gasteiger partial charge in [-0.1, -0.05) is 38.1 Å². The van der Waals surface area contributed by atoms with Crippen molar-refractivity contribution in [2.24, 2.45) is 0 Å². The molecular formula is C15H18BrN3O. The van der Waals surface area contributed by atoms with Crippen LogP contribution in [0.4, 0.5) is 0 Å². The average molecular weight is 336 g/mol. The third-order valence-electron chi connectivity index (χ3n) is 3.19. The van der Waals surface area contributed by atoms with Gasteiger partial charge in [0.15, 0.2) is 4.73 Å². The van der Waals surface area contributed by atoms with E-state index in [0.717, 1.165) is 11.3 Å². The Morgan fingerprint density at radius 2 is 2.00 bits per heavy atom. The zero-order valence-electron chi connectivity index (χ0n) is 11.9. The predicted octanol–water partition coefficient (Wildman–Crippen LogP) is 3.18. The van der Waals surface area contributed by atoms with E-state index in [2.05, 4.69) is 64.3 Å². The molecule has 1 heterocycles. The van der Waals surface area contributed by atoms with Gasteiger partial charge in [0, 0.05) is 18.8 Å². The Morgan fingerprint density at radius 3 is 2.55 bits per heavy atom. The fourth-order valence-corrected chi connectivity index (χ4v) is 2.33. The minimum Gasteiger partial charge on any atom is -0.358 e. The summed E-state index contributed by atoms with van der Waals surface area (Å²) in [6, 6.07) is 8.36. The Hall–Kier alpha value is -1.62. The van der Waals surface area contributed by atoms with Gasteiger partial charge in [0.2, 0.25) is 5.91 Å². The molecule has 1 N–H and O–H groups in total. The van der Waals surface area contributed by atoms with E-state index < -0.39 is 0 Å². The molecule has 5 heteroatoms. The lowest BCUT2D eigenvalue weighted by molar-refractivity contribution is -0.121. The van der Waals surface area contributed by atoms with Crippen molar-refractivity contribution >= 4 is 21.8 Å². The van der Waals surface area contributed by atoms with Gasteiger partial charge in [-0.2, -0.15) is 0 Å². The van der Waals surface area contributed by atoms with Gasteiger partial charge in [-0.05, 0) is 27.4 Å². The number of aromatic nitrogens is 2. The number of carbonyl (C=O) groups is 1. The second kappa shape index (κ2) is 6.22. The lowest BCUT2D eigenvalue weighted by Crippen LogP contribution is -2.23. The molecule has 0 aliphatic carbocycles. The van der Waals surface area contributed by atoms with Gasteiger partial charge in [0.25, 0.3) is 0 Å². The summed E-state index contributed by atoms with van der Waals surface area (Å²) in [6.45, 7) is 4.60. The van der Waals surface area contributed by atoms with Crippen LogP contribution in [0.15, 0.2) is 35.2 Å². The van der Waals surface area contributed by atoms with E-state index in [9.17, 15) is 4.79 Å². The summed E-state index contributed by atoms with van der Waals surface area (Å²) in [5.74, 6) is 0.464. The van der Waals surface area contributed by atoms with Crippen molar-refractivity contribution in [2.75, 3.05) is 7.05 Å². The Kier molecular flexibility index (Phi) is 4.60. The molecule has 0 saturated carbocycles. The van der Waals surface area contributed by atoms with Gasteiger partial charge in [0.05, 0.1) is 5.69 Å². The number of hydrogen-bond acceptors (Lipinski definition) is 2. The van der Waals surface area contributed by atoms with Crippen molar-refractivity contribution in [3.8, 4) is 11.3 Å². The van der Waals surface area contributed by atoms with E-state index in [1.165, 1.54) is 5.56 Å². The number of likely N-dealkylation sites (N-methyl/N-ethyl adjacent to an activating group) is 1. The first-order chi connectivity index (χ1) is 9.51. The minimum atomic E-state index is -0.0511. The Morgan fingerprint density at radius 1 is 1.35 bits per heavy atom. The molecule has 0 radical (unpaired) electrons. The summed E-state index contributed by atoms with van der Waals surface area (Å²) in [5, 5.41) is 2.60. The number of nitrogens with zero attached hydrogens (tertiary/aromatic N) is 2. The molecule has 4 nitrogen and oxygen atoms in total. The van der Waals surface area contributed by atoms with Crippen LogP contribution in [0.5, 0.6) is 0 Å². The van der Waals surface area contributed by atoms with E-state index in [-0.39, 0.29) is 12.5 Å². The summed E-state index contributed by atoms with van der Waals surface area (Å²) in [6.07, 6.45) is 1.88. The number of hydrogen-bond donors (Lipinski definition) is 1. The summed E-state index contributed by atoms with van der Waals surface area (Å²) in [7, 11) is 1.62.